The van der Waals surface area contributed by atoms with Gasteiger partial charge in [0.15, 0.2) is 0 Å². The molecule has 1 aromatic rings. The molecule has 0 aromatic heterocycles. The average Bonchev–Trinajstić information content (AvgIpc) is 2.37. The van der Waals surface area contributed by atoms with Gasteiger partial charge < -0.3 is 5.11 Å². The molecule has 0 bridgehead atoms. The van der Waals surface area contributed by atoms with E-state index in [2.05, 4.69) is 44.2 Å². The van der Waals surface area contributed by atoms with Gasteiger partial charge >= 0.3 is 5.97 Å². The molecule has 1 rings (SSSR count). The Bertz CT molecular complexity index is 433. The van der Waals surface area contributed by atoms with Gasteiger partial charge in [0.1, 0.15) is 0 Å². The van der Waals surface area contributed by atoms with E-state index in [4.69, 9.17) is 5.11 Å². The Morgan fingerprint density at radius 1 is 1.26 bits per heavy atom. The molecule has 0 radical (unpaired) electrons. The molecule has 0 aliphatic carbocycles. The molecule has 2 nitrogen and oxygen atoms in total. The summed E-state index contributed by atoms with van der Waals surface area (Å²) in [7, 11) is 0. The van der Waals surface area contributed by atoms with Crippen molar-refractivity contribution in [3.8, 4) is 0 Å². The number of rotatable bonds is 8. The zero-order valence-corrected chi connectivity index (χ0v) is 12.0. The van der Waals surface area contributed by atoms with E-state index in [1.165, 1.54) is 16.7 Å². The summed E-state index contributed by atoms with van der Waals surface area (Å²) < 4.78 is 0. The van der Waals surface area contributed by atoms with E-state index in [9.17, 15) is 4.79 Å². The van der Waals surface area contributed by atoms with Crippen LogP contribution in [0.3, 0.4) is 0 Å². The lowest BCUT2D eigenvalue weighted by atomic mass is 9.98. The molecule has 2 heteroatoms. The fraction of sp³-hybridized carbons (Fsp3) is 0.471. The number of hydrogen-bond donors (Lipinski definition) is 1. The van der Waals surface area contributed by atoms with Crippen molar-refractivity contribution in [2.75, 3.05) is 0 Å². The second-order valence-corrected chi connectivity index (χ2v) is 4.97. The third-order valence-corrected chi connectivity index (χ3v) is 3.17. The highest BCUT2D eigenvalue weighted by atomic mass is 16.4. The first-order valence-corrected chi connectivity index (χ1v) is 7.11. The van der Waals surface area contributed by atoms with E-state index in [0.717, 1.165) is 32.1 Å². The second kappa shape index (κ2) is 8.52. The molecule has 0 saturated carbocycles. The third kappa shape index (κ3) is 6.23. The standard InChI is InChI=1S/C17H24O2/c1-3-4-8-15-12-11-14(2)13-16(15)9-6-5-7-10-17(18)19/h4,8,11-13H,3,5-7,9-10H2,1-2H3,(H,18,19)/b8-4+. The largest absolute Gasteiger partial charge is 0.481 e. The minimum Gasteiger partial charge on any atom is -0.481 e. The van der Waals surface area contributed by atoms with Crippen molar-refractivity contribution in [3.63, 3.8) is 0 Å². The molecule has 0 spiro atoms. The minimum atomic E-state index is -0.692. The second-order valence-electron chi connectivity index (χ2n) is 4.97. The van der Waals surface area contributed by atoms with Crippen LogP contribution >= 0.6 is 0 Å². The zero-order valence-electron chi connectivity index (χ0n) is 12.0. The van der Waals surface area contributed by atoms with E-state index < -0.39 is 5.97 Å². The maximum atomic E-state index is 10.4. The normalized spacial score (nSPS) is 11.1. The molecule has 0 aliphatic rings. The Balaban J connectivity index is 2.53. The summed E-state index contributed by atoms with van der Waals surface area (Å²) in [6, 6.07) is 6.56. The molecule has 0 saturated heterocycles. The summed E-state index contributed by atoms with van der Waals surface area (Å²) in [5.41, 5.74) is 3.96. The molecular formula is C17H24O2. The van der Waals surface area contributed by atoms with Crippen molar-refractivity contribution in [1.29, 1.82) is 0 Å². The highest BCUT2D eigenvalue weighted by Crippen LogP contribution is 2.17. The van der Waals surface area contributed by atoms with E-state index in [1.54, 1.807) is 0 Å². The Labute approximate surface area is 116 Å². The predicted molar refractivity (Wildman–Crippen MR) is 80.3 cm³/mol. The van der Waals surface area contributed by atoms with Crippen LogP contribution in [-0.4, -0.2) is 11.1 Å². The monoisotopic (exact) mass is 260 g/mol. The molecule has 0 amide bonds. The van der Waals surface area contributed by atoms with Crippen molar-refractivity contribution in [2.45, 2.75) is 52.4 Å². The van der Waals surface area contributed by atoms with Gasteiger partial charge in [-0.3, -0.25) is 4.79 Å². The Kier molecular flexibility index (Phi) is 6.94. The molecule has 0 unspecified atom stereocenters. The van der Waals surface area contributed by atoms with Crippen LogP contribution in [0.1, 0.15) is 55.7 Å². The van der Waals surface area contributed by atoms with Crippen LogP contribution in [0.15, 0.2) is 24.3 Å². The van der Waals surface area contributed by atoms with Crippen LogP contribution < -0.4 is 0 Å². The summed E-state index contributed by atoms with van der Waals surface area (Å²) in [6.07, 6.45) is 9.56. The lowest BCUT2D eigenvalue weighted by Crippen LogP contribution is -1.95. The number of carbonyl (C=O) groups is 1. The first kappa shape index (κ1) is 15.5. The molecule has 1 N–H and O–H groups in total. The van der Waals surface area contributed by atoms with Gasteiger partial charge in [-0.1, -0.05) is 49.3 Å². The number of benzene rings is 1. The number of allylic oxidation sites excluding steroid dienone is 1. The molecule has 104 valence electrons. The quantitative estimate of drug-likeness (QED) is 0.693. The lowest BCUT2D eigenvalue weighted by Gasteiger charge is -2.07. The molecular weight excluding hydrogens is 236 g/mol. The first-order valence-electron chi connectivity index (χ1n) is 7.11. The van der Waals surface area contributed by atoms with Crippen molar-refractivity contribution in [2.24, 2.45) is 0 Å². The number of hydrogen-bond acceptors (Lipinski definition) is 1. The average molecular weight is 260 g/mol. The number of carboxylic acids is 1. The van der Waals surface area contributed by atoms with Crippen LogP contribution in [0.5, 0.6) is 0 Å². The molecule has 1 aromatic carbocycles. The van der Waals surface area contributed by atoms with Gasteiger partial charge in [-0.15, -0.1) is 0 Å². The summed E-state index contributed by atoms with van der Waals surface area (Å²) in [5.74, 6) is -0.692. The van der Waals surface area contributed by atoms with Crippen molar-refractivity contribution >= 4 is 12.0 Å². The SMILES string of the molecule is CC/C=C/c1ccc(C)cc1CCCCCC(=O)O. The van der Waals surface area contributed by atoms with Crippen molar-refractivity contribution < 1.29 is 9.90 Å². The van der Waals surface area contributed by atoms with E-state index in [1.807, 2.05) is 0 Å². The smallest absolute Gasteiger partial charge is 0.303 e. The molecule has 19 heavy (non-hydrogen) atoms. The highest BCUT2D eigenvalue weighted by molar-refractivity contribution is 5.66. The van der Waals surface area contributed by atoms with Crippen LogP contribution in [0.2, 0.25) is 0 Å². The number of aryl methyl sites for hydroxylation is 2. The van der Waals surface area contributed by atoms with Crippen LogP contribution in [0.25, 0.3) is 6.08 Å². The van der Waals surface area contributed by atoms with Crippen LogP contribution in [0.4, 0.5) is 0 Å². The highest BCUT2D eigenvalue weighted by Gasteiger charge is 2.01. The van der Waals surface area contributed by atoms with Gasteiger partial charge in [-0.05, 0) is 43.7 Å². The van der Waals surface area contributed by atoms with Crippen LogP contribution in [-0.2, 0) is 11.2 Å². The summed E-state index contributed by atoms with van der Waals surface area (Å²) >= 11 is 0. The van der Waals surface area contributed by atoms with E-state index in [0.29, 0.717) is 0 Å². The molecule has 0 heterocycles. The summed E-state index contributed by atoms with van der Waals surface area (Å²) in [4.78, 5) is 10.4. The first-order chi connectivity index (χ1) is 9.13. The van der Waals surface area contributed by atoms with E-state index >= 15 is 0 Å². The molecule has 0 aliphatic heterocycles. The molecule has 0 fully saturated rings. The van der Waals surface area contributed by atoms with Gasteiger partial charge in [0, 0.05) is 6.42 Å². The predicted octanol–water partition coefficient (Wildman–Crippen LogP) is 4.61. The molecule has 0 atom stereocenters. The van der Waals surface area contributed by atoms with E-state index in [-0.39, 0.29) is 6.42 Å². The summed E-state index contributed by atoms with van der Waals surface area (Å²) in [5, 5.41) is 8.60. The van der Waals surface area contributed by atoms with Gasteiger partial charge in [0.2, 0.25) is 0 Å². The van der Waals surface area contributed by atoms with Crippen molar-refractivity contribution in [1.82, 2.24) is 0 Å². The number of aliphatic carboxylic acids is 1. The zero-order chi connectivity index (χ0) is 14.1. The lowest BCUT2D eigenvalue weighted by molar-refractivity contribution is -0.137. The topological polar surface area (TPSA) is 37.3 Å². The number of carboxylic acid groups (broad SMARTS) is 1. The maximum absolute atomic E-state index is 10.4. The third-order valence-electron chi connectivity index (χ3n) is 3.17. The Hall–Kier alpha value is -1.57. The Morgan fingerprint density at radius 3 is 2.74 bits per heavy atom. The fourth-order valence-corrected chi connectivity index (χ4v) is 2.13. The number of unbranched alkanes of at least 4 members (excludes halogenated alkanes) is 2. The minimum absolute atomic E-state index is 0.288. The van der Waals surface area contributed by atoms with Crippen LogP contribution in [0, 0.1) is 6.92 Å². The fourth-order valence-electron chi connectivity index (χ4n) is 2.13. The Morgan fingerprint density at radius 2 is 2.05 bits per heavy atom. The van der Waals surface area contributed by atoms with Gasteiger partial charge in [0.05, 0.1) is 0 Å². The van der Waals surface area contributed by atoms with Crippen molar-refractivity contribution in [3.05, 3.63) is 41.0 Å². The maximum Gasteiger partial charge on any atom is 0.303 e. The van der Waals surface area contributed by atoms with Gasteiger partial charge in [0.25, 0.3) is 0 Å². The summed E-state index contributed by atoms with van der Waals surface area (Å²) in [6.45, 7) is 4.25. The van der Waals surface area contributed by atoms with Gasteiger partial charge in [-0.2, -0.15) is 0 Å². The van der Waals surface area contributed by atoms with Gasteiger partial charge in [-0.25, -0.2) is 0 Å².